The van der Waals surface area contributed by atoms with Crippen molar-refractivity contribution in [3.05, 3.63) is 24.3 Å². The summed E-state index contributed by atoms with van der Waals surface area (Å²) in [4.78, 5) is 2.47. The maximum Gasteiger partial charge on any atom is 0.142 e. The van der Waals surface area contributed by atoms with Crippen LogP contribution in [0.3, 0.4) is 0 Å². The fourth-order valence-electron chi connectivity index (χ4n) is 2.73. The lowest BCUT2D eigenvalue weighted by molar-refractivity contribution is 0.309. The number of rotatable bonds is 3. The minimum absolute atomic E-state index is 0.183. The highest BCUT2D eigenvalue weighted by Gasteiger charge is 2.34. The number of nitrogens with one attached hydrogen (secondary N) is 1. The SMILES string of the molecule is CNC1CCC(C)(C)N(c2ccccc2OC)C1. The van der Waals surface area contributed by atoms with Crippen LogP contribution in [0, 0.1) is 0 Å². The Morgan fingerprint density at radius 1 is 1.33 bits per heavy atom. The Kier molecular flexibility index (Phi) is 3.81. The number of methoxy groups -OCH3 is 1. The number of piperidine rings is 1. The van der Waals surface area contributed by atoms with Gasteiger partial charge in [-0.25, -0.2) is 0 Å². The van der Waals surface area contributed by atoms with Crippen LogP contribution in [0.4, 0.5) is 5.69 Å². The van der Waals surface area contributed by atoms with Crippen molar-refractivity contribution in [3.8, 4) is 5.75 Å². The molecule has 1 aliphatic rings. The number of ether oxygens (including phenoxy) is 1. The minimum Gasteiger partial charge on any atom is -0.495 e. The number of nitrogens with zero attached hydrogens (tertiary/aromatic N) is 1. The highest BCUT2D eigenvalue weighted by molar-refractivity contribution is 5.60. The van der Waals surface area contributed by atoms with Crippen molar-refractivity contribution in [1.29, 1.82) is 0 Å². The zero-order chi connectivity index (χ0) is 13.2. The Morgan fingerprint density at radius 2 is 2.06 bits per heavy atom. The van der Waals surface area contributed by atoms with Gasteiger partial charge in [0.05, 0.1) is 12.8 Å². The van der Waals surface area contributed by atoms with E-state index in [1.165, 1.54) is 18.5 Å². The molecule has 1 N–H and O–H groups in total. The lowest BCUT2D eigenvalue weighted by Gasteiger charge is -2.47. The van der Waals surface area contributed by atoms with E-state index in [-0.39, 0.29) is 5.54 Å². The van der Waals surface area contributed by atoms with E-state index in [1.54, 1.807) is 7.11 Å². The molecular weight excluding hydrogens is 224 g/mol. The van der Waals surface area contributed by atoms with Gasteiger partial charge in [0, 0.05) is 18.1 Å². The number of hydrogen-bond acceptors (Lipinski definition) is 3. The summed E-state index contributed by atoms with van der Waals surface area (Å²) >= 11 is 0. The lowest BCUT2D eigenvalue weighted by Crippen LogP contribution is -2.55. The largest absolute Gasteiger partial charge is 0.495 e. The van der Waals surface area contributed by atoms with E-state index in [2.05, 4.69) is 36.2 Å². The summed E-state index contributed by atoms with van der Waals surface area (Å²) in [6.07, 6.45) is 2.42. The molecule has 18 heavy (non-hydrogen) atoms. The molecule has 0 aliphatic carbocycles. The Hall–Kier alpha value is -1.22. The molecule has 0 amide bonds. The van der Waals surface area contributed by atoms with Gasteiger partial charge in [0.2, 0.25) is 0 Å². The van der Waals surface area contributed by atoms with Crippen molar-refractivity contribution in [2.75, 3.05) is 25.6 Å². The molecule has 0 aromatic heterocycles. The first-order chi connectivity index (χ1) is 8.58. The molecule has 1 unspecified atom stereocenters. The van der Waals surface area contributed by atoms with Crippen LogP contribution in [0.25, 0.3) is 0 Å². The van der Waals surface area contributed by atoms with Crippen molar-refractivity contribution < 1.29 is 4.74 Å². The first kappa shape index (κ1) is 13.2. The molecule has 1 heterocycles. The summed E-state index contributed by atoms with van der Waals surface area (Å²) in [6, 6.07) is 8.85. The third-order valence-corrected chi connectivity index (χ3v) is 4.02. The van der Waals surface area contributed by atoms with Crippen molar-refractivity contribution in [2.45, 2.75) is 38.3 Å². The van der Waals surface area contributed by atoms with Gasteiger partial charge in [-0.05, 0) is 45.9 Å². The van der Waals surface area contributed by atoms with E-state index in [9.17, 15) is 0 Å². The van der Waals surface area contributed by atoms with Gasteiger partial charge >= 0.3 is 0 Å². The summed E-state index contributed by atoms with van der Waals surface area (Å²) < 4.78 is 5.50. The highest BCUT2D eigenvalue weighted by Crippen LogP contribution is 2.37. The predicted molar refractivity (Wildman–Crippen MR) is 76.5 cm³/mol. The summed E-state index contributed by atoms with van der Waals surface area (Å²) in [5.74, 6) is 0.960. The van der Waals surface area contributed by atoms with Crippen molar-refractivity contribution in [3.63, 3.8) is 0 Å². The van der Waals surface area contributed by atoms with Gasteiger partial charge in [-0.15, -0.1) is 0 Å². The maximum absolute atomic E-state index is 5.50. The summed E-state index contributed by atoms with van der Waals surface area (Å²) in [5, 5.41) is 3.40. The molecule has 1 atom stereocenters. The van der Waals surface area contributed by atoms with Gasteiger partial charge in [-0.2, -0.15) is 0 Å². The average Bonchev–Trinajstić information content (AvgIpc) is 2.38. The van der Waals surface area contributed by atoms with Crippen LogP contribution >= 0.6 is 0 Å². The Bertz CT molecular complexity index is 403. The molecule has 3 heteroatoms. The zero-order valence-electron chi connectivity index (χ0n) is 11.9. The number of anilines is 1. The van der Waals surface area contributed by atoms with Gasteiger partial charge in [0.25, 0.3) is 0 Å². The molecule has 0 saturated carbocycles. The summed E-state index contributed by atoms with van der Waals surface area (Å²) in [7, 11) is 3.79. The smallest absolute Gasteiger partial charge is 0.142 e. The summed E-state index contributed by atoms with van der Waals surface area (Å²) in [6.45, 7) is 5.65. The maximum atomic E-state index is 5.50. The first-order valence-corrected chi connectivity index (χ1v) is 6.66. The molecule has 0 spiro atoms. The second kappa shape index (κ2) is 5.19. The monoisotopic (exact) mass is 248 g/mol. The van der Waals surface area contributed by atoms with E-state index < -0.39 is 0 Å². The van der Waals surface area contributed by atoms with Crippen LogP contribution in [-0.4, -0.2) is 32.3 Å². The van der Waals surface area contributed by atoms with Crippen LogP contribution < -0.4 is 15.0 Å². The zero-order valence-corrected chi connectivity index (χ0v) is 11.9. The van der Waals surface area contributed by atoms with Gasteiger partial charge in [-0.3, -0.25) is 0 Å². The average molecular weight is 248 g/mol. The number of benzene rings is 1. The topological polar surface area (TPSA) is 24.5 Å². The molecule has 0 bridgehead atoms. The third-order valence-electron chi connectivity index (χ3n) is 4.02. The van der Waals surface area contributed by atoms with E-state index in [4.69, 9.17) is 4.74 Å². The normalized spacial score (nSPS) is 22.9. The first-order valence-electron chi connectivity index (χ1n) is 6.66. The molecule has 1 fully saturated rings. The highest BCUT2D eigenvalue weighted by atomic mass is 16.5. The number of para-hydroxylation sites is 2. The third kappa shape index (κ3) is 2.46. The predicted octanol–water partition coefficient (Wildman–Crippen LogP) is 2.66. The summed E-state index contributed by atoms with van der Waals surface area (Å²) in [5.41, 5.74) is 1.38. The van der Waals surface area contributed by atoms with Crippen LogP contribution in [0.15, 0.2) is 24.3 Å². The van der Waals surface area contributed by atoms with Gasteiger partial charge in [0.1, 0.15) is 5.75 Å². The van der Waals surface area contributed by atoms with Gasteiger partial charge in [0.15, 0.2) is 0 Å². The van der Waals surface area contributed by atoms with Crippen LogP contribution in [0.2, 0.25) is 0 Å². The molecule has 1 aliphatic heterocycles. The number of hydrogen-bond donors (Lipinski definition) is 1. The van der Waals surface area contributed by atoms with Gasteiger partial charge < -0.3 is 15.0 Å². The Morgan fingerprint density at radius 3 is 2.72 bits per heavy atom. The molecule has 100 valence electrons. The van der Waals surface area contributed by atoms with Crippen LogP contribution in [0.5, 0.6) is 5.75 Å². The van der Waals surface area contributed by atoms with Crippen molar-refractivity contribution in [1.82, 2.24) is 5.32 Å². The van der Waals surface area contributed by atoms with Crippen LogP contribution in [-0.2, 0) is 0 Å². The van der Waals surface area contributed by atoms with Crippen molar-refractivity contribution >= 4 is 5.69 Å². The second-order valence-corrected chi connectivity index (χ2v) is 5.62. The van der Waals surface area contributed by atoms with Crippen LogP contribution in [0.1, 0.15) is 26.7 Å². The van der Waals surface area contributed by atoms with Gasteiger partial charge in [-0.1, -0.05) is 12.1 Å². The van der Waals surface area contributed by atoms with E-state index in [1.807, 2.05) is 19.2 Å². The van der Waals surface area contributed by atoms with E-state index >= 15 is 0 Å². The lowest BCUT2D eigenvalue weighted by atomic mass is 9.87. The quantitative estimate of drug-likeness (QED) is 0.890. The fourth-order valence-corrected chi connectivity index (χ4v) is 2.73. The fraction of sp³-hybridized carbons (Fsp3) is 0.600. The van der Waals surface area contributed by atoms with E-state index in [0.717, 1.165) is 12.3 Å². The molecule has 1 saturated heterocycles. The molecule has 0 radical (unpaired) electrons. The Labute approximate surface area is 110 Å². The number of likely N-dealkylation sites (N-methyl/N-ethyl adjacent to an activating group) is 1. The molecule has 1 aromatic carbocycles. The molecule has 1 aromatic rings. The van der Waals surface area contributed by atoms with Crippen molar-refractivity contribution in [2.24, 2.45) is 0 Å². The standard InChI is InChI=1S/C15H24N2O/c1-15(2)10-9-12(16-3)11-17(15)13-7-5-6-8-14(13)18-4/h5-8,12,16H,9-11H2,1-4H3. The molecule has 3 nitrogen and oxygen atoms in total. The second-order valence-electron chi connectivity index (χ2n) is 5.62. The molecule has 2 rings (SSSR count). The minimum atomic E-state index is 0.183. The molecular formula is C15H24N2O. The Balaban J connectivity index is 2.33. The van der Waals surface area contributed by atoms with E-state index in [0.29, 0.717) is 6.04 Å².